The lowest BCUT2D eigenvalue weighted by molar-refractivity contribution is -0.132. The first kappa shape index (κ1) is 19.0. The highest BCUT2D eigenvalue weighted by Crippen LogP contribution is 2.39. The van der Waals surface area contributed by atoms with E-state index in [-0.39, 0.29) is 5.91 Å². The molecule has 0 spiro atoms. The molecule has 1 amide bonds. The van der Waals surface area contributed by atoms with E-state index in [9.17, 15) is 4.79 Å². The second kappa shape index (κ2) is 7.78. The number of carbonyl (C=O) groups is 1. The Kier molecular flexibility index (Phi) is 4.63. The smallest absolute Gasteiger partial charge is 0.242 e. The molecular formula is C24H24N6O2. The zero-order valence-corrected chi connectivity index (χ0v) is 17.7. The molecule has 0 unspecified atom stereocenters. The molecule has 162 valence electrons. The van der Waals surface area contributed by atoms with Gasteiger partial charge in [-0.25, -0.2) is 4.98 Å². The minimum Gasteiger partial charge on any atom is -0.353 e. The van der Waals surface area contributed by atoms with E-state index in [4.69, 9.17) is 4.52 Å². The van der Waals surface area contributed by atoms with Crippen LogP contribution in [0.5, 0.6) is 0 Å². The number of rotatable bonds is 5. The van der Waals surface area contributed by atoms with Gasteiger partial charge in [-0.15, -0.1) is 0 Å². The van der Waals surface area contributed by atoms with Gasteiger partial charge in [-0.3, -0.25) is 4.79 Å². The molecule has 3 aromatic heterocycles. The normalized spacial score (nSPS) is 16.6. The van der Waals surface area contributed by atoms with E-state index in [0.717, 1.165) is 54.1 Å². The predicted molar refractivity (Wildman–Crippen MR) is 120 cm³/mol. The second-order valence-corrected chi connectivity index (χ2v) is 8.51. The summed E-state index contributed by atoms with van der Waals surface area (Å²) in [4.78, 5) is 26.1. The Labute approximate surface area is 185 Å². The van der Waals surface area contributed by atoms with Crippen LogP contribution in [-0.2, 0) is 11.3 Å². The number of pyridine rings is 1. The SMILES string of the molecule is O=C(Cn1ccc2ccccc21)N1CCN(c2ccc(-c3noc(C4CC4)n3)cn2)CC1. The van der Waals surface area contributed by atoms with Crippen LogP contribution in [0.2, 0.25) is 0 Å². The first-order valence-corrected chi connectivity index (χ1v) is 11.1. The van der Waals surface area contributed by atoms with Crippen LogP contribution < -0.4 is 4.90 Å². The molecule has 1 aromatic carbocycles. The topological polar surface area (TPSA) is 80.3 Å². The summed E-state index contributed by atoms with van der Waals surface area (Å²) in [5.41, 5.74) is 1.95. The largest absolute Gasteiger partial charge is 0.353 e. The van der Waals surface area contributed by atoms with Crippen molar-refractivity contribution >= 4 is 22.6 Å². The number of aromatic nitrogens is 4. The number of anilines is 1. The molecule has 4 heterocycles. The monoisotopic (exact) mass is 428 g/mol. The number of fused-ring (bicyclic) bond motifs is 1. The molecule has 1 aliphatic heterocycles. The summed E-state index contributed by atoms with van der Waals surface area (Å²) in [5.74, 6) is 2.83. The predicted octanol–water partition coefficient (Wildman–Crippen LogP) is 3.31. The summed E-state index contributed by atoms with van der Waals surface area (Å²) < 4.78 is 7.37. The molecule has 1 aliphatic carbocycles. The molecule has 1 saturated heterocycles. The number of hydrogen-bond donors (Lipinski definition) is 0. The van der Waals surface area contributed by atoms with Gasteiger partial charge >= 0.3 is 0 Å². The maximum atomic E-state index is 12.9. The zero-order valence-electron chi connectivity index (χ0n) is 17.7. The average molecular weight is 428 g/mol. The molecule has 4 aromatic rings. The lowest BCUT2D eigenvalue weighted by Crippen LogP contribution is -2.49. The van der Waals surface area contributed by atoms with Gasteiger partial charge in [0.25, 0.3) is 0 Å². The van der Waals surface area contributed by atoms with Crippen molar-refractivity contribution in [1.29, 1.82) is 0 Å². The van der Waals surface area contributed by atoms with Crippen molar-refractivity contribution in [3.05, 3.63) is 60.7 Å². The number of nitrogens with zero attached hydrogens (tertiary/aromatic N) is 6. The van der Waals surface area contributed by atoms with Crippen molar-refractivity contribution in [2.45, 2.75) is 25.3 Å². The quantitative estimate of drug-likeness (QED) is 0.485. The van der Waals surface area contributed by atoms with E-state index in [2.05, 4.69) is 38.2 Å². The molecule has 1 saturated carbocycles. The van der Waals surface area contributed by atoms with Crippen molar-refractivity contribution in [1.82, 2.24) is 24.6 Å². The van der Waals surface area contributed by atoms with Gasteiger partial charge < -0.3 is 18.9 Å². The van der Waals surface area contributed by atoms with E-state index in [1.807, 2.05) is 39.9 Å². The molecular weight excluding hydrogens is 404 g/mol. The van der Waals surface area contributed by atoms with Crippen molar-refractivity contribution in [2.75, 3.05) is 31.1 Å². The highest BCUT2D eigenvalue weighted by atomic mass is 16.5. The average Bonchev–Trinajstić information content (AvgIpc) is 3.44. The van der Waals surface area contributed by atoms with E-state index in [1.54, 1.807) is 6.20 Å². The first-order chi connectivity index (χ1) is 15.7. The lowest BCUT2D eigenvalue weighted by Gasteiger charge is -2.35. The summed E-state index contributed by atoms with van der Waals surface area (Å²) >= 11 is 0. The van der Waals surface area contributed by atoms with Crippen LogP contribution in [-0.4, -0.2) is 56.7 Å². The van der Waals surface area contributed by atoms with Crippen LogP contribution in [0.3, 0.4) is 0 Å². The van der Waals surface area contributed by atoms with E-state index < -0.39 is 0 Å². The Balaban J connectivity index is 1.07. The molecule has 2 fully saturated rings. The number of benzene rings is 1. The minimum absolute atomic E-state index is 0.151. The summed E-state index contributed by atoms with van der Waals surface area (Å²) in [7, 11) is 0. The summed E-state index contributed by atoms with van der Waals surface area (Å²) in [6, 6.07) is 14.2. The number of hydrogen-bond acceptors (Lipinski definition) is 6. The van der Waals surface area contributed by atoms with Crippen LogP contribution in [0.4, 0.5) is 5.82 Å². The first-order valence-electron chi connectivity index (χ1n) is 11.1. The minimum atomic E-state index is 0.151. The van der Waals surface area contributed by atoms with Crippen molar-refractivity contribution in [3.63, 3.8) is 0 Å². The summed E-state index contributed by atoms with van der Waals surface area (Å²) in [6.07, 6.45) is 6.05. The fourth-order valence-corrected chi connectivity index (χ4v) is 4.26. The van der Waals surface area contributed by atoms with Gasteiger partial charge in [-0.05, 0) is 42.5 Å². The van der Waals surface area contributed by atoms with Crippen LogP contribution in [0, 0.1) is 0 Å². The van der Waals surface area contributed by atoms with Crippen LogP contribution in [0.1, 0.15) is 24.7 Å². The van der Waals surface area contributed by atoms with Crippen LogP contribution in [0.15, 0.2) is 59.4 Å². The molecule has 0 N–H and O–H groups in total. The highest BCUT2D eigenvalue weighted by Gasteiger charge is 2.30. The van der Waals surface area contributed by atoms with Gasteiger partial charge in [0.1, 0.15) is 12.4 Å². The molecule has 8 nitrogen and oxygen atoms in total. The molecule has 32 heavy (non-hydrogen) atoms. The third-order valence-electron chi connectivity index (χ3n) is 6.32. The van der Waals surface area contributed by atoms with Gasteiger partial charge in [0, 0.05) is 55.6 Å². The second-order valence-electron chi connectivity index (χ2n) is 8.51. The number of amides is 1. The Morgan fingerprint density at radius 1 is 1.03 bits per heavy atom. The summed E-state index contributed by atoms with van der Waals surface area (Å²) in [5, 5.41) is 5.24. The number of carbonyl (C=O) groups excluding carboxylic acids is 1. The Morgan fingerprint density at radius 3 is 2.66 bits per heavy atom. The molecule has 6 rings (SSSR count). The molecule has 0 atom stereocenters. The fraction of sp³-hybridized carbons (Fsp3) is 0.333. The van der Waals surface area contributed by atoms with Gasteiger partial charge in [0.2, 0.25) is 17.6 Å². The summed E-state index contributed by atoms with van der Waals surface area (Å²) in [6.45, 7) is 3.28. The lowest BCUT2D eigenvalue weighted by atomic mass is 10.2. The zero-order chi connectivity index (χ0) is 21.5. The van der Waals surface area contributed by atoms with Gasteiger partial charge in [-0.2, -0.15) is 4.98 Å². The van der Waals surface area contributed by atoms with E-state index in [0.29, 0.717) is 31.4 Å². The molecule has 8 heteroatoms. The molecule has 0 radical (unpaired) electrons. The van der Waals surface area contributed by atoms with Crippen molar-refractivity contribution in [2.24, 2.45) is 0 Å². The van der Waals surface area contributed by atoms with Gasteiger partial charge in [-0.1, -0.05) is 23.4 Å². The van der Waals surface area contributed by atoms with Crippen LogP contribution in [0.25, 0.3) is 22.3 Å². The van der Waals surface area contributed by atoms with Crippen molar-refractivity contribution < 1.29 is 9.32 Å². The number of piperazine rings is 1. The van der Waals surface area contributed by atoms with E-state index >= 15 is 0 Å². The third-order valence-corrected chi connectivity index (χ3v) is 6.32. The van der Waals surface area contributed by atoms with Crippen molar-refractivity contribution in [3.8, 4) is 11.4 Å². The fourth-order valence-electron chi connectivity index (χ4n) is 4.26. The molecule has 0 bridgehead atoms. The Morgan fingerprint density at radius 2 is 1.88 bits per heavy atom. The number of para-hydroxylation sites is 1. The standard InChI is InChI=1S/C24H24N6O2/c31-22(16-30-10-9-17-3-1-2-4-20(17)30)29-13-11-28(12-14-29)21-8-7-19(15-25-21)23-26-24(32-27-23)18-5-6-18/h1-4,7-10,15,18H,5-6,11-14,16H2. The maximum Gasteiger partial charge on any atom is 0.242 e. The molecule has 2 aliphatic rings. The Bertz CT molecular complexity index is 1250. The highest BCUT2D eigenvalue weighted by molar-refractivity contribution is 5.83. The van der Waals surface area contributed by atoms with E-state index in [1.165, 1.54) is 0 Å². The van der Waals surface area contributed by atoms with Gasteiger partial charge in [0.15, 0.2) is 0 Å². The van der Waals surface area contributed by atoms with Crippen LogP contribution >= 0.6 is 0 Å². The Hall–Kier alpha value is -3.68. The van der Waals surface area contributed by atoms with Gasteiger partial charge in [0.05, 0.1) is 0 Å². The third kappa shape index (κ3) is 3.62. The maximum absolute atomic E-state index is 12.9.